The number of unbranched alkanes of at least 4 members (excludes halogenated alkanes) is 6. The molecule has 6 heteroatoms. The number of nitrogens with zero attached hydrogens (tertiary/aromatic N) is 1. The largest absolute Gasteiger partial charge is 0.439 e. The maximum absolute atomic E-state index is 13.1. The fourth-order valence-corrected chi connectivity index (χ4v) is 5.66. The summed E-state index contributed by atoms with van der Waals surface area (Å²) in [6.45, 7) is 13.2. The van der Waals surface area contributed by atoms with Crippen molar-refractivity contribution in [3.63, 3.8) is 0 Å². The van der Waals surface area contributed by atoms with E-state index in [1.807, 2.05) is 30.3 Å². The van der Waals surface area contributed by atoms with E-state index >= 15 is 0 Å². The zero-order valence-electron chi connectivity index (χ0n) is 22.6. The van der Waals surface area contributed by atoms with Gasteiger partial charge in [0.25, 0.3) is 0 Å². The predicted molar refractivity (Wildman–Crippen MR) is 142 cm³/mol. The molecule has 192 valence electrons. The number of cyclic esters (lactones) is 1. The highest BCUT2D eigenvalue weighted by atomic mass is 28.4. The van der Waals surface area contributed by atoms with Gasteiger partial charge in [-0.05, 0) is 30.1 Å². The van der Waals surface area contributed by atoms with Crippen molar-refractivity contribution >= 4 is 20.2 Å². The summed E-state index contributed by atoms with van der Waals surface area (Å²) >= 11 is 0. The zero-order valence-corrected chi connectivity index (χ0v) is 23.6. The van der Waals surface area contributed by atoms with Gasteiger partial charge in [-0.2, -0.15) is 0 Å². The molecule has 0 saturated carbocycles. The second-order valence-electron chi connectivity index (χ2n) is 11.3. The van der Waals surface area contributed by atoms with Crippen LogP contribution in [0.5, 0.6) is 0 Å². The van der Waals surface area contributed by atoms with E-state index in [1.165, 1.54) is 32.1 Å². The van der Waals surface area contributed by atoms with Crippen molar-refractivity contribution in [2.24, 2.45) is 0 Å². The van der Waals surface area contributed by atoms with Crippen molar-refractivity contribution in [2.45, 2.75) is 122 Å². The van der Waals surface area contributed by atoms with E-state index in [2.05, 4.69) is 40.8 Å². The standard InChI is InChI=1S/C28H47NO4Si/c1-8-9-10-11-12-13-17-20-23(30)21-24(33-34(6,7)28(2,3)4)25-26(32-27(31)29(25)5)22-18-15-14-16-19-22/h14-16,18-19,24-26H,8-13,17,20-21H2,1-7H3/t24-,25+,26+/m0/s1. The average molecular weight is 490 g/mol. The third kappa shape index (κ3) is 7.94. The maximum atomic E-state index is 13.1. The minimum Gasteiger partial charge on any atom is -0.439 e. The first-order valence-electron chi connectivity index (χ1n) is 13.2. The number of ketones is 1. The SMILES string of the molecule is CCCCCCCCCC(=O)C[C@H](O[Si](C)(C)C(C)(C)C)[C@@H]1[C@@H](c2ccccc2)OC(=O)N1C. The lowest BCUT2D eigenvalue weighted by Gasteiger charge is -2.42. The van der Waals surface area contributed by atoms with Gasteiger partial charge in [0.05, 0.1) is 6.10 Å². The fourth-order valence-electron chi connectivity index (χ4n) is 4.33. The highest BCUT2D eigenvalue weighted by molar-refractivity contribution is 6.74. The summed E-state index contributed by atoms with van der Waals surface area (Å²) < 4.78 is 12.6. The van der Waals surface area contributed by atoms with Crippen LogP contribution in [-0.2, 0) is 14.0 Å². The van der Waals surface area contributed by atoms with Gasteiger partial charge in [-0.25, -0.2) is 4.79 Å². The minimum atomic E-state index is -2.19. The van der Waals surface area contributed by atoms with E-state index < -0.39 is 14.4 Å². The first-order valence-corrected chi connectivity index (χ1v) is 16.1. The zero-order chi connectivity index (χ0) is 25.4. The first-order chi connectivity index (χ1) is 16.0. The van der Waals surface area contributed by atoms with E-state index in [-0.39, 0.29) is 29.1 Å². The average Bonchev–Trinajstić information content (AvgIpc) is 3.06. The number of ether oxygens (including phenoxy) is 1. The third-order valence-electron chi connectivity index (χ3n) is 7.52. The highest BCUT2D eigenvalue weighted by Crippen LogP contribution is 2.41. The van der Waals surface area contributed by atoms with Gasteiger partial charge in [0.2, 0.25) is 0 Å². The summed E-state index contributed by atoms with van der Waals surface area (Å²) in [5.74, 6) is 0.219. The molecule has 5 nitrogen and oxygen atoms in total. The molecule has 2 rings (SSSR count). The van der Waals surface area contributed by atoms with Gasteiger partial charge < -0.3 is 14.1 Å². The predicted octanol–water partition coefficient (Wildman–Crippen LogP) is 7.67. The number of likely N-dealkylation sites (N-methyl/N-ethyl adjacent to an activating group) is 1. The summed E-state index contributed by atoms with van der Waals surface area (Å²) in [7, 11) is -0.424. The summed E-state index contributed by atoms with van der Waals surface area (Å²) in [4.78, 5) is 27.4. The lowest BCUT2D eigenvalue weighted by Crippen LogP contribution is -2.51. The molecule has 0 N–H and O–H groups in total. The Kier molecular flexibility index (Phi) is 10.8. The molecular weight excluding hydrogens is 442 g/mol. The third-order valence-corrected chi connectivity index (χ3v) is 12.0. The smallest absolute Gasteiger partial charge is 0.410 e. The van der Waals surface area contributed by atoms with Crippen LogP contribution in [0.2, 0.25) is 18.1 Å². The number of Topliss-reactive ketones (excluding diaryl/α,β-unsaturated/α-hetero) is 1. The molecule has 1 fully saturated rings. The summed E-state index contributed by atoms with van der Waals surface area (Å²) in [6.07, 6.45) is 8.01. The molecule has 0 unspecified atom stereocenters. The maximum Gasteiger partial charge on any atom is 0.410 e. The lowest BCUT2D eigenvalue weighted by molar-refractivity contribution is -0.121. The molecule has 0 aliphatic carbocycles. The van der Waals surface area contributed by atoms with Crippen LogP contribution in [0.25, 0.3) is 0 Å². The van der Waals surface area contributed by atoms with Crippen LogP contribution in [0, 0.1) is 0 Å². The van der Waals surface area contributed by atoms with Crippen LogP contribution in [0.3, 0.4) is 0 Å². The van der Waals surface area contributed by atoms with Gasteiger partial charge in [-0.15, -0.1) is 0 Å². The summed E-state index contributed by atoms with van der Waals surface area (Å²) in [5.41, 5.74) is 0.938. The van der Waals surface area contributed by atoms with Crippen molar-refractivity contribution in [1.29, 1.82) is 0 Å². The molecule has 0 spiro atoms. The van der Waals surface area contributed by atoms with Gasteiger partial charge in [-0.1, -0.05) is 96.6 Å². The van der Waals surface area contributed by atoms with Crippen LogP contribution >= 0.6 is 0 Å². The highest BCUT2D eigenvalue weighted by Gasteiger charge is 2.49. The van der Waals surface area contributed by atoms with Gasteiger partial charge in [-0.3, -0.25) is 4.79 Å². The van der Waals surface area contributed by atoms with Gasteiger partial charge in [0.15, 0.2) is 14.4 Å². The Hall–Kier alpha value is -1.66. The number of rotatable bonds is 14. The van der Waals surface area contributed by atoms with E-state index in [4.69, 9.17) is 9.16 Å². The molecule has 1 heterocycles. The Morgan fingerprint density at radius 3 is 2.24 bits per heavy atom. The molecule has 0 radical (unpaired) electrons. The molecule has 1 aliphatic rings. The van der Waals surface area contributed by atoms with Crippen LogP contribution in [0.1, 0.15) is 97.1 Å². The topological polar surface area (TPSA) is 55.8 Å². The van der Waals surface area contributed by atoms with E-state index in [0.29, 0.717) is 12.8 Å². The minimum absolute atomic E-state index is 0.00290. The van der Waals surface area contributed by atoms with E-state index in [1.54, 1.807) is 11.9 Å². The van der Waals surface area contributed by atoms with Gasteiger partial charge in [0, 0.05) is 19.9 Å². The Bertz CT molecular complexity index is 774. The fraction of sp³-hybridized carbons (Fsp3) is 0.714. The number of carbonyl (C=O) groups excluding carboxylic acids is 2. The molecule has 1 aromatic carbocycles. The van der Waals surface area contributed by atoms with Crippen LogP contribution in [-0.4, -0.2) is 44.3 Å². The molecule has 34 heavy (non-hydrogen) atoms. The number of benzene rings is 1. The number of carbonyl (C=O) groups is 2. The molecule has 1 saturated heterocycles. The molecule has 0 bridgehead atoms. The summed E-state index contributed by atoms with van der Waals surface area (Å²) in [6, 6.07) is 9.49. The van der Waals surface area contributed by atoms with Crippen molar-refractivity contribution in [1.82, 2.24) is 4.90 Å². The van der Waals surface area contributed by atoms with Crippen LogP contribution in [0.15, 0.2) is 30.3 Å². The molecule has 1 amide bonds. The molecule has 0 aromatic heterocycles. The van der Waals surface area contributed by atoms with E-state index in [0.717, 1.165) is 18.4 Å². The number of hydrogen-bond acceptors (Lipinski definition) is 4. The number of amides is 1. The Morgan fingerprint density at radius 1 is 1.06 bits per heavy atom. The normalized spacial score (nSPS) is 19.9. The molecular formula is C28H47NO4Si. The molecule has 1 aliphatic heterocycles. The second-order valence-corrected chi connectivity index (χ2v) is 16.1. The van der Waals surface area contributed by atoms with Crippen molar-refractivity contribution in [2.75, 3.05) is 7.05 Å². The Labute approximate surface area is 208 Å². The Balaban J connectivity index is 2.15. The van der Waals surface area contributed by atoms with Crippen LogP contribution < -0.4 is 0 Å². The monoisotopic (exact) mass is 489 g/mol. The van der Waals surface area contributed by atoms with Gasteiger partial charge in [0.1, 0.15) is 11.8 Å². The lowest BCUT2D eigenvalue weighted by atomic mass is 9.93. The van der Waals surface area contributed by atoms with Crippen molar-refractivity contribution in [3.8, 4) is 0 Å². The quantitative estimate of drug-likeness (QED) is 0.199. The molecule has 3 atom stereocenters. The Morgan fingerprint density at radius 2 is 1.65 bits per heavy atom. The van der Waals surface area contributed by atoms with Crippen LogP contribution in [0.4, 0.5) is 4.79 Å². The summed E-state index contributed by atoms with van der Waals surface area (Å²) in [5, 5.41) is -0.00290. The molecule has 1 aromatic rings. The second kappa shape index (κ2) is 12.9. The van der Waals surface area contributed by atoms with Crippen molar-refractivity contribution < 1.29 is 18.8 Å². The first kappa shape index (κ1) is 28.6. The number of hydrogen-bond donors (Lipinski definition) is 0. The van der Waals surface area contributed by atoms with E-state index in [9.17, 15) is 9.59 Å². The van der Waals surface area contributed by atoms with Crippen molar-refractivity contribution in [3.05, 3.63) is 35.9 Å². The van der Waals surface area contributed by atoms with Gasteiger partial charge >= 0.3 is 6.09 Å².